The average molecular weight is 358 g/mol. The van der Waals surface area contributed by atoms with E-state index < -0.39 is 6.10 Å². The van der Waals surface area contributed by atoms with E-state index in [-0.39, 0.29) is 23.8 Å². The Hall–Kier alpha value is -2.90. The van der Waals surface area contributed by atoms with Crippen LogP contribution in [0.5, 0.6) is 0 Å². The number of para-hydroxylation sites is 1. The summed E-state index contributed by atoms with van der Waals surface area (Å²) in [7, 11) is 0. The number of piperidine rings is 1. The molecule has 0 spiro atoms. The van der Waals surface area contributed by atoms with Crippen LogP contribution < -0.4 is 5.32 Å². The number of aromatic nitrogens is 2. The third-order valence-corrected chi connectivity index (χ3v) is 4.32. The van der Waals surface area contributed by atoms with Gasteiger partial charge < -0.3 is 19.5 Å². The van der Waals surface area contributed by atoms with Gasteiger partial charge in [0.25, 0.3) is 5.89 Å². The first-order valence-corrected chi connectivity index (χ1v) is 8.64. The van der Waals surface area contributed by atoms with E-state index in [0.717, 1.165) is 5.69 Å². The zero-order valence-electron chi connectivity index (χ0n) is 14.8. The van der Waals surface area contributed by atoms with E-state index in [4.69, 9.17) is 9.26 Å². The summed E-state index contributed by atoms with van der Waals surface area (Å²) in [6.07, 6.45) is 0.552. The van der Waals surface area contributed by atoms with E-state index in [1.807, 2.05) is 30.3 Å². The molecule has 1 aliphatic rings. The highest BCUT2D eigenvalue weighted by atomic mass is 16.6. The number of anilines is 1. The Balaban J connectivity index is 1.47. The Labute approximate surface area is 151 Å². The molecule has 26 heavy (non-hydrogen) atoms. The third kappa shape index (κ3) is 4.38. The summed E-state index contributed by atoms with van der Waals surface area (Å²) in [5.41, 5.74) is 0.753. The standard InChI is InChI=1S/C18H22N4O4/c1-12(16-19-13(2)21-26-16)25-17(23)14-8-10-22(11-9-14)18(24)20-15-6-4-3-5-7-15/h3-7,12,14H,8-11H2,1-2H3,(H,20,24). The van der Waals surface area contributed by atoms with E-state index in [9.17, 15) is 9.59 Å². The van der Waals surface area contributed by atoms with E-state index in [0.29, 0.717) is 31.8 Å². The summed E-state index contributed by atoms with van der Waals surface area (Å²) in [5.74, 6) is 0.259. The van der Waals surface area contributed by atoms with Crippen LogP contribution in [0.2, 0.25) is 0 Å². The summed E-state index contributed by atoms with van der Waals surface area (Å²) >= 11 is 0. The molecule has 138 valence electrons. The zero-order valence-corrected chi connectivity index (χ0v) is 14.8. The number of nitrogens with one attached hydrogen (secondary N) is 1. The maximum absolute atomic E-state index is 12.3. The van der Waals surface area contributed by atoms with E-state index >= 15 is 0 Å². The second-order valence-corrected chi connectivity index (χ2v) is 6.32. The number of esters is 1. The van der Waals surface area contributed by atoms with E-state index in [1.165, 1.54) is 0 Å². The Kier molecular flexibility index (Phi) is 5.50. The quantitative estimate of drug-likeness (QED) is 0.844. The number of urea groups is 1. The van der Waals surface area contributed by atoms with Crippen molar-refractivity contribution in [3.8, 4) is 0 Å². The molecule has 1 unspecified atom stereocenters. The molecule has 3 rings (SSSR count). The molecule has 8 heteroatoms. The van der Waals surface area contributed by atoms with Crippen LogP contribution in [0, 0.1) is 12.8 Å². The van der Waals surface area contributed by atoms with Crippen LogP contribution in [0.15, 0.2) is 34.9 Å². The molecule has 1 saturated heterocycles. The third-order valence-electron chi connectivity index (χ3n) is 4.32. The monoisotopic (exact) mass is 358 g/mol. The van der Waals surface area contributed by atoms with Gasteiger partial charge in [0.05, 0.1) is 5.92 Å². The first-order valence-electron chi connectivity index (χ1n) is 8.64. The highest BCUT2D eigenvalue weighted by molar-refractivity contribution is 5.89. The molecule has 1 atom stereocenters. The minimum atomic E-state index is -0.580. The molecule has 1 aliphatic heterocycles. The van der Waals surface area contributed by atoms with Gasteiger partial charge in [0.15, 0.2) is 11.9 Å². The second-order valence-electron chi connectivity index (χ2n) is 6.32. The van der Waals surface area contributed by atoms with Crippen LogP contribution in [0.3, 0.4) is 0 Å². The van der Waals surface area contributed by atoms with Crippen LogP contribution in [-0.4, -0.2) is 40.1 Å². The largest absolute Gasteiger partial charge is 0.452 e. The van der Waals surface area contributed by atoms with Crippen molar-refractivity contribution in [3.05, 3.63) is 42.0 Å². The molecule has 2 amide bonds. The predicted octanol–water partition coefficient (Wildman–Crippen LogP) is 2.93. The van der Waals surface area contributed by atoms with Gasteiger partial charge in [-0.15, -0.1) is 0 Å². The number of carbonyl (C=O) groups is 2. The summed E-state index contributed by atoms with van der Waals surface area (Å²) in [6.45, 7) is 4.42. The van der Waals surface area contributed by atoms with E-state index in [2.05, 4.69) is 15.5 Å². The molecule has 0 saturated carbocycles. The number of rotatable bonds is 4. The number of ether oxygens (including phenoxy) is 1. The number of hydrogen-bond acceptors (Lipinski definition) is 6. The number of likely N-dealkylation sites (tertiary alicyclic amines) is 1. The van der Waals surface area contributed by atoms with Gasteiger partial charge in [-0.2, -0.15) is 4.98 Å². The highest BCUT2D eigenvalue weighted by Crippen LogP contribution is 2.23. The van der Waals surface area contributed by atoms with Crippen molar-refractivity contribution in [1.82, 2.24) is 15.0 Å². The molecule has 0 radical (unpaired) electrons. The molecule has 1 N–H and O–H groups in total. The van der Waals surface area contributed by atoms with Crippen molar-refractivity contribution in [2.75, 3.05) is 18.4 Å². The maximum atomic E-state index is 12.3. The SMILES string of the molecule is Cc1noc(C(C)OC(=O)C2CCN(C(=O)Nc3ccccc3)CC2)n1. The molecular formula is C18H22N4O4. The lowest BCUT2D eigenvalue weighted by Gasteiger charge is -2.31. The fourth-order valence-corrected chi connectivity index (χ4v) is 2.84. The highest BCUT2D eigenvalue weighted by Gasteiger charge is 2.30. The summed E-state index contributed by atoms with van der Waals surface area (Å²) in [6, 6.07) is 9.14. The van der Waals surface area contributed by atoms with Crippen molar-refractivity contribution in [1.29, 1.82) is 0 Å². The van der Waals surface area contributed by atoms with Gasteiger partial charge in [0.1, 0.15) is 0 Å². The Morgan fingerprint density at radius 2 is 1.96 bits per heavy atom. The van der Waals surface area contributed by atoms with Gasteiger partial charge in [0, 0.05) is 18.8 Å². The molecule has 1 aromatic carbocycles. The average Bonchev–Trinajstić information content (AvgIpc) is 3.09. The molecule has 2 aromatic rings. The van der Waals surface area contributed by atoms with Crippen molar-refractivity contribution in [2.24, 2.45) is 5.92 Å². The number of aryl methyl sites for hydroxylation is 1. The molecule has 8 nitrogen and oxygen atoms in total. The minimum Gasteiger partial charge on any atom is -0.452 e. The number of nitrogens with zero attached hydrogens (tertiary/aromatic N) is 3. The first-order chi connectivity index (χ1) is 12.5. The predicted molar refractivity (Wildman–Crippen MR) is 93.3 cm³/mol. The van der Waals surface area contributed by atoms with Crippen LogP contribution in [0.1, 0.15) is 37.6 Å². The zero-order chi connectivity index (χ0) is 18.5. The maximum Gasteiger partial charge on any atom is 0.321 e. The number of benzene rings is 1. The van der Waals surface area contributed by atoms with Crippen LogP contribution in [0.25, 0.3) is 0 Å². The van der Waals surface area contributed by atoms with Gasteiger partial charge in [-0.3, -0.25) is 4.79 Å². The van der Waals surface area contributed by atoms with Crippen LogP contribution >= 0.6 is 0 Å². The Morgan fingerprint density at radius 1 is 1.27 bits per heavy atom. The van der Waals surface area contributed by atoms with Crippen LogP contribution in [-0.2, 0) is 9.53 Å². The van der Waals surface area contributed by atoms with Crippen molar-refractivity contribution in [3.63, 3.8) is 0 Å². The normalized spacial score (nSPS) is 16.2. The lowest BCUT2D eigenvalue weighted by Crippen LogP contribution is -2.42. The van der Waals surface area contributed by atoms with Gasteiger partial charge in [-0.05, 0) is 38.8 Å². The summed E-state index contributed by atoms with van der Waals surface area (Å²) in [5, 5.41) is 6.55. The van der Waals surface area contributed by atoms with Crippen molar-refractivity contribution < 1.29 is 18.8 Å². The molecule has 0 aliphatic carbocycles. The molecule has 1 fully saturated rings. The lowest BCUT2D eigenvalue weighted by molar-refractivity contribution is -0.156. The molecule has 0 bridgehead atoms. The number of amides is 2. The number of carbonyl (C=O) groups excluding carboxylic acids is 2. The second kappa shape index (κ2) is 7.99. The summed E-state index contributed by atoms with van der Waals surface area (Å²) < 4.78 is 10.4. The van der Waals surface area contributed by atoms with Crippen molar-refractivity contribution >= 4 is 17.7 Å². The fraction of sp³-hybridized carbons (Fsp3) is 0.444. The van der Waals surface area contributed by atoms with Crippen LogP contribution in [0.4, 0.5) is 10.5 Å². The number of hydrogen-bond donors (Lipinski definition) is 1. The van der Waals surface area contributed by atoms with Gasteiger partial charge in [0.2, 0.25) is 0 Å². The van der Waals surface area contributed by atoms with Gasteiger partial charge in [-0.25, -0.2) is 4.79 Å². The fourth-order valence-electron chi connectivity index (χ4n) is 2.84. The van der Waals surface area contributed by atoms with Crippen molar-refractivity contribution in [2.45, 2.75) is 32.8 Å². The molecular weight excluding hydrogens is 336 g/mol. The topological polar surface area (TPSA) is 97.6 Å². The Bertz CT molecular complexity index is 754. The smallest absolute Gasteiger partial charge is 0.321 e. The summed E-state index contributed by atoms with van der Waals surface area (Å²) in [4.78, 5) is 30.4. The first kappa shape index (κ1) is 17.9. The Morgan fingerprint density at radius 3 is 2.58 bits per heavy atom. The van der Waals surface area contributed by atoms with E-state index in [1.54, 1.807) is 18.7 Å². The molecule has 2 heterocycles. The molecule has 1 aromatic heterocycles. The van der Waals surface area contributed by atoms with Gasteiger partial charge >= 0.3 is 12.0 Å². The lowest BCUT2D eigenvalue weighted by atomic mass is 9.97. The minimum absolute atomic E-state index is 0.155. The van der Waals surface area contributed by atoms with Gasteiger partial charge in [-0.1, -0.05) is 23.4 Å².